The molecule has 0 fully saturated rings. The van der Waals surface area contributed by atoms with Gasteiger partial charge in [-0.1, -0.05) is 29.3 Å². The molecule has 1 aliphatic carbocycles. The van der Waals surface area contributed by atoms with Gasteiger partial charge in [-0.2, -0.15) is 5.48 Å². The lowest BCUT2D eigenvalue weighted by Crippen LogP contribution is -2.32. The van der Waals surface area contributed by atoms with Crippen molar-refractivity contribution < 1.29 is 14.4 Å². The number of ketones is 1. The van der Waals surface area contributed by atoms with Gasteiger partial charge in [-0.05, 0) is 61.6 Å². The van der Waals surface area contributed by atoms with Crippen LogP contribution in [0.4, 0.5) is 0 Å². The molecule has 2 unspecified atom stereocenters. The van der Waals surface area contributed by atoms with E-state index >= 15 is 0 Å². The number of hydrogen-bond acceptors (Lipinski definition) is 5. The van der Waals surface area contributed by atoms with Crippen molar-refractivity contribution in [3.05, 3.63) is 39.9 Å². The smallest absolute Gasteiger partial charge is 0.158 e. The first-order valence-electron chi connectivity index (χ1n) is 8.66. The van der Waals surface area contributed by atoms with Crippen LogP contribution >= 0.6 is 35.0 Å². The summed E-state index contributed by atoms with van der Waals surface area (Å²) in [7, 11) is 0. The van der Waals surface area contributed by atoms with E-state index in [9.17, 15) is 9.59 Å². The van der Waals surface area contributed by atoms with Gasteiger partial charge in [0.05, 0.1) is 22.7 Å². The lowest BCUT2D eigenvalue weighted by atomic mass is 9.85. The van der Waals surface area contributed by atoms with Crippen LogP contribution in [-0.4, -0.2) is 30.5 Å². The van der Waals surface area contributed by atoms with Crippen LogP contribution in [0.25, 0.3) is 0 Å². The van der Waals surface area contributed by atoms with Crippen molar-refractivity contribution in [3.63, 3.8) is 0 Å². The number of Topliss-reactive ketones (excluding diaryl/α,β-unsaturated/α-hetero) is 1. The Morgan fingerprint density at radius 3 is 2.85 bits per heavy atom. The van der Waals surface area contributed by atoms with Gasteiger partial charge in [0.25, 0.3) is 0 Å². The molecule has 0 heterocycles. The van der Waals surface area contributed by atoms with Crippen LogP contribution in [0.3, 0.4) is 0 Å². The first-order chi connectivity index (χ1) is 12.5. The molecule has 7 heteroatoms. The maximum absolute atomic E-state index is 12.4. The number of allylic oxidation sites excluding steroid dienone is 1. The Kier molecular flexibility index (Phi) is 9.16. The van der Waals surface area contributed by atoms with Crippen molar-refractivity contribution >= 4 is 47.0 Å². The summed E-state index contributed by atoms with van der Waals surface area (Å²) in [5.41, 5.74) is 3.40. The molecule has 0 spiro atoms. The second-order valence-electron chi connectivity index (χ2n) is 6.17. The lowest BCUT2D eigenvalue weighted by Gasteiger charge is -2.22. The minimum Gasteiger partial charge on any atom is -0.302 e. The van der Waals surface area contributed by atoms with Crippen molar-refractivity contribution in [1.29, 1.82) is 0 Å². The number of hydroxylamine groups is 1. The average Bonchev–Trinajstić information content (AvgIpc) is 2.63. The molecule has 0 aliphatic heterocycles. The van der Waals surface area contributed by atoms with E-state index in [-0.39, 0.29) is 5.78 Å². The van der Waals surface area contributed by atoms with Gasteiger partial charge in [-0.3, -0.25) is 4.79 Å². The molecule has 142 valence electrons. The molecule has 1 aliphatic rings. The van der Waals surface area contributed by atoms with E-state index in [2.05, 4.69) is 5.48 Å². The first kappa shape index (κ1) is 21.5. The number of nitrogens with one attached hydrogen (secondary N) is 1. The lowest BCUT2D eigenvalue weighted by molar-refractivity contribution is -0.117. The standard InChI is InChI=1S/C19H23Cl2NO3S/c1-2-25-22-15(12-23)10-14-4-3-13(9-19(14)24)7-8-26-16-5-6-17(20)18(21)11-16/h4-6,11-13,15,22H,2-3,7-10H2,1H3. The highest BCUT2D eigenvalue weighted by Crippen LogP contribution is 2.31. The van der Waals surface area contributed by atoms with Crippen molar-refractivity contribution in [2.24, 2.45) is 5.92 Å². The van der Waals surface area contributed by atoms with E-state index in [1.165, 1.54) is 0 Å². The molecule has 1 N–H and O–H groups in total. The van der Waals surface area contributed by atoms with Gasteiger partial charge in [-0.15, -0.1) is 11.8 Å². The fraction of sp³-hybridized carbons (Fsp3) is 0.474. The maximum Gasteiger partial charge on any atom is 0.158 e. The third-order valence-corrected chi connectivity index (χ3v) is 5.96. The molecular formula is C19H23Cl2NO3S. The molecule has 0 radical (unpaired) electrons. The summed E-state index contributed by atoms with van der Waals surface area (Å²) in [6.07, 6.45) is 5.49. The van der Waals surface area contributed by atoms with Crippen molar-refractivity contribution in [2.75, 3.05) is 12.4 Å². The molecule has 26 heavy (non-hydrogen) atoms. The summed E-state index contributed by atoms with van der Waals surface area (Å²) < 4.78 is 0. The second kappa shape index (κ2) is 11.1. The highest BCUT2D eigenvalue weighted by Gasteiger charge is 2.23. The van der Waals surface area contributed by atoms with Crippen LogP contribution in [-0.2, 0) is 14.4 Å². The Hall–Kier alpha value is -0.850. The van der Waals surface area contributed by atoms with E-state index in [1.807, 2.05) is 25.1 Å². The van der Waals surface area contributed by atoms with Gasteiger partial charge < -0.3 is 9.63 Å². The van der Waals surface area contributed by atoms with Crippen LogP contribution in [0.1, 0.15) is 32.6 Å². The average molecular weight is 416 g/mol. The number of rotatable bonds is 10. The molecule has 4 nitrogen and oxygen atoms in total. The van der Waals surface area contributed by atoms with Crippen molar-refractivity contribution in [1.82, 2.24) is 5.48 Å². The summed E-state index contributed by atoms with van der Waals surface area (Å²) in [4.78, 5) is 29.6. The monoisotopic (exact) mass is 415 g/mol. The van der Waals surface area contributed by atoms with E-state index in [0.717, 1.165) is 35.3 Å². The number of halogens is 2. The van der Waals surface area contributed by atoms with Gasteiger partial charge in [0.15, 0.2) is 5.78 Å². The van der Waals surface area contributed by atoms with Crippen LogP contribution in [0, 0.1) is 5.92 Å². The molecule has 0 saturated carbocycles. The van der Waals surface area contributed by atoms with Crippen LogP contribution in [0.5, 0.6) is 0 Å². The Morgan fingerprint density at radius 1 is 1.38 bits per heavy atom. The number of thioether (sulfide) groups is 1. The predicted molar refractivity (Wildman–Crippen MR) is 107 cm³/mol. The predicted octanol–water partition coefficient (Wildman–Crippen LogP) is 4.88. The quantitative estimate of drug-likeness (QED) is 0.335. The minimum absolute atomic E-state index is 0.130. The third-order valence-electron chi connectivity index (χ3n) is 4.20. The molecule has 0 aromatic heterocycles. The summed E-state index contributed by atoms with van der Waals surface area (Å²) in [5, 5.41) is 1.11. The summed E-state index contributed by atoms with van der Waals surface area (Å²) in [5.74, 6) is 1.39. The van der Waals surface area contributed by atoms with Crippen LogP contribution < -0.4 is 5.48 Å². The Morgan fingerprint density at radius 2 is 2.19 bits per heavy atom. The van der Waals surface area contributed by atoms with E-state index in [4.69, 9.17) is 28.0 Å². The zero-order valence-corrected chi connectivity index (χ0v) is 17.0. The number of carbonyl (C=O) groups is 2. The van der Waals surface area contributed by atoms with Crippen LogP contribution in [0.2, 0.25) is 10.0 Å². The topological polar surface area (TPSA) is 55.4 Å². The minimum atomic E-state index is -0.480. The van der Waals surface area contributed by atoms with Gasteiger partial charge >= 0.3 is 0 Å². The van der Waals surface area contributed by atoms with Crippen molar-refractivity contribution in [2.45, 2.75) is 43.5 Å². The Balaban J connectivity index is 1.79. The second-order valence-corrected chi connectivity index (χ2v) is 8.15. The fourth-order valence-electron chi connectivity index (χ4n) is 2.77. The van der Waals surface area contributed by atoms with E-state index < -0.39 is 6.04 Å². The van der Waals surface area contributed by atoms with E-state index in [1.54, 1.807) is 17.8 Å². The van der Waals surface area contributed by atoms with Gasteiger partial charge in [0, 0.05) is 11.3 Å². The normalized spacial score (nSPS) is 18.5. The summed E-state index contributed by atoms with van der Waals surface area (Å²) in [6, 6.07) is 5.13. The highest BCUT2D eigenvalue weighted by molar-refractivity contribution is 7.99. The molecule has 2 rings (SSSR count). The molecule has 1 aromatic carbocycles. The molecule has 1 aromatic rings. The zero-order valence-electron chi connectivity index (χ0n) is 14.7. The number of carbonyl (C=O) groups excluding carboxylic acids is 2. The van der Waals surface area contributed by atoms with E-state index in [0.29, 0.717) is 35.4 Å². The maximum atomic E-state index is 12.4. The Labute approximate surface area is 168 Å². The summed E-state index contributed by atoms with van der Waals surface area (Å²) >= 11 is 13.7. The number of hydrogen-bond donors (Lipinski definition) is 1. The molecule has 0 amide bonds. The summed E-state index contributed by atoms with van der Waals surface area (Å²) in [6.45, 7) is 2.30. The first-order valence-corrected chi connectivity index (χ1v) is 10.4. The molecular weight excluding hydrogens is 393 g/mol. The fourth-order valence-corrected chi connectivity index (χ4v) is 4.19. The highest BCUT2D eigenvalue weighted by atomic mass is 35.5. The third kappa shape index (κ3) is 6.71. The zero-order chi connectivity index (χ0) is 18.9. The number of benzene rings is 1. The molecule has 2 atom stereocenters. The SMILES string of the molecule is CCONC(C=O)CC1=CCC(CCSc2ccc(Cl)c(Cl)c2)CC1=O. The van der Waals surface area contributed by atoms with Crippen LogP contribution in [0.15, 0.2) is 34.7 Å². The Bertz CT molecular complexity index is 666. The molecule has 0 saturated heterocycles. The number of aldehydes is 1. The van der Waals surface area contributed by atoms with Gasteiger partial charge in [0.2, 0.25) is 0 Å². The molecule has 0 bridgehead atoms. The van der Waals surface area contributed by atoms with Gasteiger partial charge in [-0.25, -0.2) is 0 Å². The van der Waals surface area contributed by atoms with Gasteiger partial charge in [0.1, 0.15) is 6.29 Å². The van der Waals surface area contributed by atoms with Crippen molar-refractivity contribution in [3.8, 4) is 0 Å². The largest absolute Gasteiger partial charge is 0.302 e.